The molecule has 0 bridgehead atoms. The van der Waals surface area contributed by atoms with E-state index < -0.39 is 0 Å². The third kappa shape index (κ3) is 5.47. The van der Waals surface area contributed by atoms with E-state index in [9.17, 15) is 15.0 Å². The molecule has 3 rings (SSSR count). The van der Waals surface area contributed by atoms with Crippen LogP contribution in [0.1, 0.15) is 12.0 Å². The monoisotopic (exact) mass is 450 g/mol. The largest absolute Gasteiger partial charge is 0.506 e. The van der Waals surface area contributed by atoms with Crippen molar-refractivity contribution in [2.75, 3.05) is 27.7 Å². The van der Waals surface area contributed by atoms with Crippen molar-refractivity contribution >= 4 is 17.1 Å². The van der Waals surface area contributed by atoms with E-state index in [1.807, 2.05) is 37.2 Å². The summed E-state index contributed by atoms with van der Waals surface area (Å²) in [6.45, 7) is 2.76. The highest BCUT2D eigenvalue weighted by molar-refractivity contribution is 5.61. The second kappa shape index (κ2) is 10.6. The molecule has 2 heterocycles. The Morgan fingerprint density at radius 1 is 1.06 bits per heavy atom. The molecule has 0 aliphatic rings. The molecule has 0 aliphatic heterocycles. The maximum Gasteiger partial charge on any atom is 0.326 e. The Kier molecular flexibility index (Phi) is 7.62. The van der Waals surface area contributed by atoms with Crippen LogP contribution in [-0.4, -0.2) is 47.4 Å². The minimum Gasteiger partial charge on any atom is -0.506 e. The van der Waals surface area contributed by atoms with Crippen LogP contribution in [0.4, 0.5) is 17.1 Å². The zero-order chi connectivity index (χ0) is 24.0. The summed E-state index contributed by atoms with van der Waals surface area (Å²) in [5.41, 5.74) is 1.31. The molecule has 172 valence electrons. The van der Waals surface area contributed by atoms with Gasteiger partial charge >= 0.3 is 5.56 Å². The minimum atomic E-state index is -0.327. The van der Waals surface area contributed by atoms with Gasteiger partial charge < -0.3 is 15.1 Å². The summed E-state index contributed by atoms with van der Waals surface area (Å²) in [5, 5.41) is 37.1. The molecule has 0 radical (unpaired) electrons. The summed E-state index contributed by atoms with van der Waals surface area (Å²) >= 11 is 0. The lowest BCUT2D eigenvalue weighted by Gasteiger charge is -2.14. The zero-order valence-corrected chi connectivity index (χ0v) is 19.2. The van der Waals surface area contributed by atoms with Crippen LogP contribution in [0, 0.1) is 6.92 Å². The minimum absolute atomic E-state index is 0.0945. The summed E-state index contributed by atoms with van der Waals surface area (Å²) in [6.07, 6.45) is 4.18. The van der Waals surface area contributed by atoms with E-state index in [0.29, 0.717) is 29.9 Å². The van der Waals surface area contributed by atoms with Crippen molar-refractivity contribution in [2.24, 2.45) is 20.5 Å². The van der Waals surface area contributed by atoms with Crippen molar-refractivity contribution in [1.29, 1.82) is 0 Å². The number of rotatable bonds is 8. The third-order valence-corrected chi connectivity index (χ3v) is 5.02. The molecular formula is C23H28N7O3+. The fourth-order valence-corrected chi connectivity index (χ4v) is 3.39. The Morgan fingerprint density at radius 3 is 2.45 bits per heavy atom. The molecular weight excluding hydrogens is 422 g/mol. The highest BCUT2D eigenvalue weighted by atomic mass is 16.3. The predicted octanol–water partition coefficient (Wildman–Crippen LogP) is 3.93. The maximum atomic E-state index is 13.3. The summed E-state index contributed by atoms with van der Waals surface area (Å²) in [7, 11) is 5.43. The Morgan fingerprint density at radius 2 is 1.79 bits per heavy atom. The van der Waals surface area contributed by atoms with Gasteiger partial charge in [0.1, 0.15) is 11.4 Å². The lowest BCUT2D eigenvalue weighted by molar-refractivity contribution is -0.597. The topological polar surface area (TPSA) is 119 Å². The van der Waals surface area contributed by atoms with Gasteiger partial charge in [0.05, 0.1) is 11.3 Å². The summed E-state index contributed by atoms with van der Waals surface area (Å²) in [4.78, 5) is 15.3. The first-order valence-electron chi connectivity index (χ1n) is 10.5. The molecule has 2 N–H and O–H groups in total. The SMILES string of the molecule is CN=Nc1ccc(O)c(N=Nc2c(C)c(-[n+]3ccccc3)c(=O)n(CCCN(C)C)c2O)c1. The number of hydrogen-bond donors (Lipinski definition) is 2. The molecule has 33 heavy (non-hydrogen) atoms. The molecule has 1 aromatic carbocycles. The first-order valence-corrected chi connectivity index (χ1v) is 10.5. The number of hydrogen-bond acceptors (Lipinski definition) is 8. The molecule has 10 heteroatoms. The summed E-state index contributed by atoms with van der Waals surface area (Å²) < 4.78 is 3.00. The van der Waals surface area contributed by atoms with Crippen LogP contribution < -0.4 is 10.1 Å². The normalized spacial score (nSPS) is 11.8. The first-order chi connectivity index (χ1) is 15.8. The van der Waals surface area contributed by atoms with Gasteiger partial charge in [0.25, 0.3) is 5.69 Å². The molecule has 2 aromatic heterocycles. The molecule has 10 nitrogen and oxygen atoms in total. The lowest BCUT2D eigenvalue weighted by atomic mass is 10.2. The Labute approximate surface area is 191 Å². The van der Waals surface area contributed by atoms with Crippen LogP contribution in [0.25, 0.3) is 5.69 Å². The van der Waals surface area contributed by atoms with Crippen LogP contribution >= 0.6 is 0 Å². The van der Waals surface area contributed by atoms with Gasteiger partial charge in [-0.05, 0) is 52.2 Å². The van der Waals surface area contributed by atoms with Gasteiger partial charge in [0.15, 0.2) is 18.1 Å². The van der Waals surface area contributed by atoms with Gasteiger partial charge in [-0.25, -0.2) is 0 Å². The maximum absolute atomic E-state index is 13.3. The van der Waals surface area contributed by atoms with E-state index in [4.69, 9.17) is 0 Å². The molecule has 0 amide bonds. The van der Waals surface area contributed by atoms with E-state index >= 15 is 0 Å². The molecule has 0 saturated heterocycles. The smallest absolute Gasteiger partial charge is 0.326 e. The molecule has 3 aromatic rings. The van der Waals surface area contributed by atoms with E-state index in [-0.39, 0.29) is 28.6 Å². The van der Waals surface area contributed by atoms with Crippen molar-refractivity contribution in [1.82, 2.24) is 9.47 Å². The van der Waals surface area contributed by atoms with Crippen molar-refractivity contribution in [2.45, 2.75) is 19.9 Å². The van der Waals surface area contributed by atoms with Gasteiger partial charge in [0.2, 0.25) is 5.88 Å². The van der Waals surface area contributed by atoms with Gasteiger partial charge in [-0.1, -0.05) is 6.07 Å². The van der Waals surface area contributed by atoms with Gasteiger partial charge in [-0.15, -0.1) is 10.2 Å². The van der Waals surface area contributed by atoms with E-state index in [2.05, 4.69) is 20.5 Å². The van der Waals surface area contributed by atoms with E-state index in [1.54, 1.807) is 30.0 Å². The highest BCUT2D eigenvalue weighted by Crippen LogP contribution is 2.36. The van der Waals surface area contributed by atoms with Crippen LogP contribution in [-0.2, 0) is 6.54 Å². The Bertz CT molecular complexity index is 1240. The van der Waals surface area contributed by atoms with Crippen molar-refractivity contribution in [3.05, 3.63) is 64.7 Å². The second-order valence-electron chi connectivity index (χ2n) is 7.72. The Balaban J connectivity index is 2.15. The fourth-order valence-electron chi connectivity index (χ4n) is 3.39. The van der Waals surface area contributed by atoms with E-state index in [1.165, 1.54) is 23.7 Å². The number of azo groups is 2. The lowest BCUT2D eigenvalue weighted by Crippen LogP contribution is -2.40. The number of pyridine rings is 2. The number of benzene rings is 1. The van der Waals surface area contributed by atoms with Gasteiger partial charge in [0, 0.05) is 25.7 Å². The van der Waals surface area contributed by atoms with Gasteiger partial charge in [-0.2, -0.15) is 14.8 Å². The standard InChI is InChI=1S/C23H27N7O3/c1-16-20(27-26-18-15-17(25-24-2)9-10-19(18)31)22(32)30(14-8-11-28(3)4)23(33)21(16)29-12-6-5-7-13-29/h5-7,9-10,12-13,15H,8,11,14H2,1-4H3,(H-,24,25,26,27,31,32,33)/p+1. The number of nitrogens with zero attached hydrogens (tertiary/aromatic N) is 7. The third-order valence-electron chi connectivity index (χ3n) is 5.02. The zero-order valence-electron chi connectivity index (χ0n) is 19.2. The quantitative estimate of drug-likeness (QED) is 0.399. The number of phenols is 1. The first kappa shape index (κ1) is 23.7. The Hall–Kier alpha value is -3.92. The van der Waals surface area contributed by atoms with Crippen LogP contribution in [0.2, 0.25) is 0 Å². The molecule has 0 saturated carbocycles. The number of phenolic OH excluding ortho intramolecular Hbond substituents is 1. The molecule has 0 unspecified atom stereocenters. The average Bonchev–Trinajstić information content (AvgIpc) is 2.78. The number of aromatic nitrogens is 2. The average molecular weight is 451 g/mol. The van der Waals surface area contributed by atoms with Crippen molar-refractivity contribution in [3.63, 3.8) is 0 Å². The van der Waals surface area contributed by atoms with Gasteiger partial charge in [-0.3, -0.25) is 9.36 Å². The molecule has 0 fully saturated rings. The fraction of sp³-hybridized carbons (Fsp3) is 0.304. The predicted molar refractivity (Wildman–Crippen MR) is 125 cm³/mol. The molecule has 0 aliphatic carbocycles. The van der Waals surface area contributed by atoms with Crippen LogP contribution in [0.15, 0.2) is 74.0 Å². The number of aromatic hydroxyl groups is 2. The summed E-state index contributed by atoms with van der Waals surface area (Å²) in [5.74, 6) is -0.368. The molecule has 0 spiro atoms. The van der Waals surface area contributed by atoms with Crippen LogP contribution in [0.3, 0.4) is 0 Å². The van der Waals surface area contributed by atoms with E-state index in [0.717, 1.165) is 6.54 Å². The molecule has 0 atom stereocenters. The summed E-state index contributed by atoms with van der Waals surface area (Å²) in [6, 6.07) is 10.0. The van der Waals surface area contributed by atoms with Crippen molar-refractivity contribution < 1.29 is 14.8 Å². The van der Waals surface area contributed by atoms with Crippen molar-refractivity contribution in [3.8, 4) is 17.3 Å². The highest BCUT2D eigenvalue weighted by Gasteiger charge is 2.25. The van der Waals surface area contributed by atoms with Crippen LogP contribution in [0.5, 0.6) is 11.6 Å². The second-order valence-corrected chi connectivity index (χ2v) is 7.72.